The Kier molecular flexibility index (Phi) is 4.16. The summed E-state index contributed by atoms with van der Waals surface area (Å²) in [7, 11) is 1.66. The van der Waals surface area contributed by atoms with E-state index in [-0.39, 0.29) is 14.1 Å². The lowest BCUT2D eigenvalue weighted by molar-refractivity contribution is -0.118. The van der Waals surface area contributed by atoms with E-state index in [2.05, 4.69) is 5.32 Å². The first-order valence-electron chi connectivity index (χ1n) is 9.64. The molecular formula is C24H23NO4. The summed E-state index contributed by atoms with van der Waals surface area (Å²) in [6.07, 6.45) is 1.67. The highest BCUT2D eigenvalue weighted by molar-refractivity contribution is 6.01. The molecule has 1 amide bonds. The van der Waals surface area contributed by atoms with E-state index in [0.29, 0.717) is 5.75 Å². The molecule has 1 aliphatic heterocycles. The number of nitrogens with one attached hydrogen (secondary N) is 1. The normalized spacial score (nSPS) is 15.6. The zero-order valence-electron chi connectivity index (χ0n) is 16.1. The van der Waals surface area contributed by atoms with Crippen LogP contribution in [0.5, 0.6) is 17.2 Å². The van der Waals surface area contributed by atoms with Gasteiger partial charge in [-0.25, -0.2) is 0 Å². The van der Waals surface area contributed by atoms with Crippen molar-refractivity contribution in [1.29, 1.82) is 0 Å². The molecule has 1 aliphatic carbocycles. The lowest BCUT2D eigenvalue weighted by atomic mass is 9.94. The van der Waals surface area contributed by atoms with Crippen LogP contribution in [0.1, 0.15) is 19.8 Å². The largest absolute Gasteiger partial charge is 0.497 e. The maximum atomic E-state index is 13.0. The molecule has 1 saturated carbocycles. The molecule has 0 bridgehead atoms. The van der Waals surface area contributed by atoms with Gasteiger partial charge in [-0.15, -0.1) is 0 Å². The van der Waals surface area contributed by atoms with Crippen LogP contribution in [0.25, 0.3) is 11.1 Å². The SMILES string of the molecule is COc1cccc(-c2ccc(NC(=O)C3(c4ccc5c(c4)OCO5)CC3)cc2)c1.[HH]. The van der Waals surface area contributed by atoms with E-state index in [1.807, 2.05) is 66.7 Å². The third kappa shape index (κ3) is 3.18. The van der Waals surface area contributed by atoms with Crippen molar-refractivity contribution in [3.05, 3.63) is 72.3 Å². The van der Waals surface area contributed by atoms with Crippen molar-refractivity contribution in [2.75, 3.05) is 19.2 Å². The summed E-state index contributed by atoms with van der Waals surface area (Å²) in [6.45, 7) is 0.234. The van der Waals surface area contributed by atoms with Gasteiger partial charge >= 0.3 is 0 Å². The third-order valence-electron chi connectivity index (χ3n) is 5.66. The van der Waals surface area contributed by atoms with Crippen molar-refractivity contribution in [3.63, 3.8) is 0 Å². The Hall–Kier alpha value is -3.47. The molecule has 0 saturated heterocycles. The van der Waals surface area contributed by atoms with Gasteiger partial charge in [0.1, 0.15) is 5.75 Å². The Morgan fingerprint density at radius 3 is 2.52 bits per heavy atom. The number of benzene rings is 3. The molecular weight excluding hydrogens is 366 g/mol. The number of rotatable bonds is 5. The molecule has 5 rings (SSSR count). The van der Waals surface area contributed by atoms with Crippen LogP contribution in [-0.4, -0.2) is 19.8 Å². The topological polar surface area (TPSA) is 56.8 Å². The number of ether oxygens (including phenoxy) is 3. The summed E-state index contributed by atoms with van der Waals surface area (Å²) in [5.41, 5.74) is 3.42. The lowest BCUT2D eigenvalue weighted by Crippen LogP contribution is -2.27. The number of methoxy groups -OCH3 is 1. The van der Waals surface area contributed by atoms with Crippen molar-refractivity contribution in [3.8, 4) is 28.4 Å². The Morgan fingerprint density at radius 1 is 0.966 bits per heavy atom. The number of carbonyl (C=O) groups is 1. The van der Waals surface area contributed by atoms with Gasteiger partial charge in [-0.2, -0.15) is 0 Å². The Balaban J connectivity index is 0.00000218. The van der Waals surface area contributed by atoms with Gasteiger partial charge in [-0.1, -0.05) is 30.3 Å². The van der Waals surface area contributed by atoms with Gasteiger partial charge in [-0.05, 0) is 65.9 Å². The molecule has 2 aliphatic rings. The Labute approximate surface area is 170 Å². The second-order valence-corrected chi connectivity index (χ2v) is 7.41. The minimum absolute atomic E-state index is 0. The van der Waals surface area contributed by atoms with E-state index >= 15 is 0 Å². The Morgan fingerprint density at radius 2 is 1.76 bits per heavy atom. The quantitative estimate of drug-likeness (QED) is 0.667. The van der Waals surface area contributed by atoms with Crippen molar-refractivity contribution in [2.45, 2.75) is 18.3 Å². The second-order valence-electron chi connectivity index (χ2n) is 7.41. The fraction of sp³-hybridized carbons (Fsp3) is 0.208. The van der Waals surface area contributed by atoms with Crippen LogP contribution in [0, 0.1) is 0 Å². The average Bonchev–Trinajstić information content (AvgIpc) is 3.45. The van der Waals surface area contributed by atoms with Gasteiger partial charge < -0.3 is 19.5 Å². The highest BCUT2D eigenvalue weighted by atomic mass is 16.7. The number of hydrogen-bond donors (Lipinski definition) is 1. The van der Waals surface area contributed by atoms with E-state index in [4.69, 9.17) is 14.2 Å². The smallest absolute Gasteiger partial charge is 0.235 e. The van der Waals surface area contributed by atoms with Crippen LogP contribution in [-0.2, 0) is 10.2 Å². The molecule has 148 valence electrons. The predicted molar refractivity (Wildman–Crippen MR) is 113 cm³/mol. The molecule has 0 unspecified atom stereocenters. The fourth-order valence-electron chi connectivity index (χ4n) is 3.77. The van der Waals surface area contributed by atoms with E-state index in [1.165, 1.54) is 0 Å². The molecule has 5 heteroatoms. The van der Waals surface area contributed by atoms with Gasteiger partial charge in [0.25, 0.3) is 0 Å². The van der Waals surface area contributed by atoms with Crippen LogP contribution < -0.4 is 19.5 Å². The van der Waals surface area contributed by atoms with Gasteiger partial charge in [0, 0.05) is 7.11 Å². The van der Waals surface area contributed by atoms with Crippen LogP contribution >= 0.6 is 0 Å². The monoisotopic (exact) mass is 389 g/mol. The van der Waals surface area contributed by atoms with Crippen LogP contribution in [0.4, 0.5) is 5.69 Å². The van der Waals surface area contributed by atoms with E-state index in [9.17, 15) is 4.79 Å². The van der Waals surface area contributed by atoms with E-state index in [1.54, 1.807) is 7.11 Å². The average molecular weight is 389 g/mol. The van der Waals surface area contributed by atoms with Crippen LogP contribution in [0.15, 0.2) is 66.7 Å². The van der Waals surface area contributed by atoms with Gasteiger partial charge in [0.2, 0.25) is 12.7 Å². The standard InChI is InChI=1S/C24H21NO4.H2/c1-27-20-4-2-3-17(13-20)16-5-8-19(9-6-16)25-23(26)24(11-12-24)18-7-10-21-22(14-18)29-15-28-21;/h2-10,13-14H,11-12,15H2,1H3,(H,25,26);1H. The molecule has 1 fully saturated rings. The number of anilines is 1. The molecule has 1 heterocycles. The first kappa shape index (κ1) is 17.6. The minimum Gasteiger partial charge on any atom is -0.497 e. The summed E-state index contributed by atoms with van der Waals surface area (Å²) in [6, 6.07) is 21.6. The Bertz CT molecular complexity index is 1080. The van der Waals surface area contributed by atoms with Gasteiger partial charge in [0.15, 0.2) is 11.5 Å². The molecule has 0 spiro atoms. The molecule has 3 aromatic carbocycles. The van der Waals surface area contributed by atoms with Crippen molar-refractivity contribution >= 4 is 11.6 Å². The maximum Gasteiger partial charge on any atom is 0.235 e. The maximum absolute atomic E-state index is 13.0. The van der Waals surface area contributed by atoms with Crippen molar-refractivity contribution in [1.82, 2.24) is 0 Å². The highest BCUT2D eigenvalue weighted by Gasteiger charge is 2.51. The van der Waals surface area contributed by atoms with Crippen LogP contribution in [0.3, 0.4) is 0 Å². The minimum atomic E-state index is -0.480. The summed E-state index contributed by atoms with van der Waals surface area (Å²) < 4.78 is 16.1. The summed E-state index contributed by atoms with van der Waals surface area (Å²) in [5, 5.41) is 3.08. The molecule has 5 nitrogen and oxygen atoms in total. The number of hydrogen-bond acceptors (Lipinski definition) is 4. The second kappa shape index (κ2) is 6.85. The number of carbonyl (C=O) groups excluding carboxylic acids is 1. The van der Waals surface area contributed by atoms with Crippen molar-refractivity contribution in [2.24, 2.45) is 0 Å². The zero-order chi connectivity index (χ0) is 19.8. The molecule has 0 aromatic heterocycles. The van der Waals surface area contributed by atoms with Gasteiger partial charge in [0.05, 0.1) is 12.5 Å². The molecule has 0 atom stereocenters. The van der Waals surface area contributed by atoms with Gasteiger partial charge in [-0.3, -0.25) is 4.79 Å². The summed E-state index contributed by atoms with van der Waals surface area (Å²) in [5.74, 6) is 2.28. The molecule has 0 radical (unpaired) electrons. The first-order chi connectivity index (χ1) is 14.2. The summed E-state index contributed by atoms with van der Waals surface area (Å²) in [4.78, 5) is 13.0. The molecule has 3 aromatic rings. The first-order valence-corrected chi connectivity index (χ1v) is 9.64. The fourth-order valence-corrected chi connectivity index (χ4v) is 3.77. The lowest BCUT2D eigenvalue weighted by Gasteiger charge is -2.16. The predicted octanol–water partition coefficient (Wildman–Crippen LogP) is 5.01. The van der Waals surface area contributed by atoms with E-state index < -0.39 is 5.41 Å². The molecule has 29 heavy (non-hydrogen) atoms. The number of fused-ring (bicyclic) bond motifs is 1. The zero-order valence-corrected chi connectivity index (χ0v) is 16.1. The summed E-state index contributed by atoms with van der Waals surface area (Å²) >= 11 is 0. The number of amides is 1. The van der Waals surface area contributed by atoms with Crippen molar-refractivity contribution < 1.29 is 20.4 Å². The van der Waals surface area contributed by atoms with Crippen LogP contribution in [0.2, 0.25) is 0 Å². The molecule has 1 N–H and O–H groups in total. The third-order valence-corrected chi connectivity index (χ3v) is 5.66. The van der Waals surface area contributed by atoms with E-state index in [0.717, 1.165) is 46.7 Å². The highest BCUT2D eigenvalue weighted by Crippen LogP contribution is 2.51.